The Morgan fingerprint density at radius 2 is 2.00 bits per heavy atom. The molecule has 0 aliphatic carbocycles. The summed E-state index contributed by atoms with van der Waals surface area (Å²) in [4.78, 5) is 19.3. The van der Waals surface area contributed by atoms with E-state index in [2.05, 4.69) is 11.9 Å². The molecule has 0 aliphatic heterocycles. The van der Waals surface area contributed by atoms with Crippen LogP contribution < -0.4 is 5.32 Å². The smallest absolute Gasteiger partial charge is 0.327 e. The molecular formula is C10H9Cl2NO3. The summed E-state index contributed by atoms with van der Waals surface area (Å²) in [5.74, 6) is -0.981. The highest BCUT2D eigenvalue weighted by molar-refractivity contribution is 6.35. The maximum Gasteiger partial charge on any atom is 0.327 e. The highest BCUT2D eigenvalue weighted by Gasteiger charge is 1.98. The van der Waals surface area contributed by atoms with Crippen LogP contribution in [0.1, 0.15) is 0 Å². The molecule has 1 rings (SSSR count). The van der Waals surface area contributed by atoms with E-state index < -0.39 is 5.97 Å². The molecule has 6 heteroatoms. The highest BCUT2D eigenvalue weighted by atomic mass is 35.5. The molecule has 0 radical (unpaired) electrons. The Balaban J connectivity index is 0.000000385. The molecule has 0 aromatic heterocycles. The Bertz CT molecular complexity index is 394. The van der Waals surface area contributed by atoms with Crippen LogP contribution in [0.3, 0.4) is 0 Å². The minimum Gasteiger partial charge on any atom is -0.478 e. The van der Waals surface area contributed by atoms with Crippen LogP contribution in [0, 0.1) is 0 Å². The Morgan fingerprint density at radius 3 is 2.44 bits per heavy atom. The van der Waals surface area contributed by atoms with Crippen LogP contribution in [0.15, 0.2) is 30.9 Å². The van der Waals surface area contributed by atoms with E-state index in [-0.39, 0.29) is 0 Å². The number of carboxylic acid groups (broad SMARTS) is 1. The zero-order chi connectivity index (χ0) is 12.6. The number of rotatable bonds is 3. The summed E-state index contributed by atoms with van der Waals surface area (Å²) in [5.41, 5.74) is 0.522. The van der Waals surface area contributed by atoms with Gasteiger partial charge in [-0.05, 0) is 18.2 Å². The summed E-state index contributed by atoms with van der Waals surface area (Å²) in [6.07, 6.45) is 1.39. The third-order valence-electron chi connectivity index (χ3n) is 1.32. The molecule has 2 N–H and O–H groups in total. The molecule has 0 heterocycles. The van der Waals surface area contributed by atoms with Crippen molar-refractivity contribution in [3.63, 3.8) is 0 Å². The van der Waals surface area contributed by atoms with E-state index in [4.69, 9.17) is 28.3 Å². The molecule has 0 aliphatic rings. The van der Waals surface area contributed by atoms with Crippen molar-refractivity contribution in [3.8, 4) is 0 Å². The van der Waals surface area contributed by atoms with Gasteiger partial charge in [-0.25, -0.2) is 4.79 Å². The van der Waals surface area contributed by atoms with Crippen molar-refractivity contribution < 1.29 is 14.7 Å². The van der Waals surface area contributed by atoms with Crippen LogP contribution in [-0.4, -0.2) is 17.5 Å². The van der Waals surface area contributed by atoms with Crippen molar-refractivity contribution in [1.29, 1.82) is 0 Å². The van der Waals surface area contributed by atoms with Crippen LogP contribution in [0.25, 0.3) is 0 Å². The summed E-state index contributed by atoms with van der Waals surface area (Å²) in [5, 5.41) is 11.0. The number of carbonyl (C=O) groups is 2. The first-order valence-electron chi connectivity index (χ1n) is 4.02. The predicted molar refractivity (Wildman–Crippen MR) is 64.0 cm³/mol. The van der Waals surface area contributed by atoms with Crippen molar-refractivity contribution in [3.05, 3.63) is 40.9 Å². The number of benzene rings is 1. The second-order valence-corrected chi connectivity index (χ2v) is 3.27. The van der Waals surface area contributed by atoms with Gasteiger partial charge in [0.15, 0.2) is 0 Å². The monoisotopic (exact) mass is 261 g/mol. The van der Waals surface area contributed by atoms with Crippen molar-refractivity contribution in [2.75, 3.05) is 5.32 Å². The minimum absolute atomic E-state index is 0.474. The number of hydrogen-bond acceptors (Lipinski definition) is 2. The lowest BCUT2D eigenvalue weighted by Gasteiger charge is -2.00. The zero-order valence-electron chi connectivity index (χ0n) is 8.11. The summed E-state index contributed by atoms with van der Waals surface area (Å²) < 4.78 is 0. The van der Waals surface area contributed by atoms with E-state index in [1.54, 1.807) is 18.2 Å². The van der Waals surface area contributed by atoms with Gasteiger partial charge in [-0.2, -0.15) is 0 Å². The van der Waals surface area contributed by atoms with E-state index in [9.17, 15) is 9.59 Å². The molecule has 1 amide bonds. The number of aliphatic carboxylic acids is 1. The van der Waals surface area contributed by atoms with Gasteiger partial charge in [0.25, 0.3) is 0 Å². The Morgan fingerprint density at radius 1 is 1.44 bits per heavy atom. The van der Waals surface area contributed by atoms with E-state index in [1.807, 2.05) is 0 Å². The predicted octanol–water partition coefficient (Wildman–Crippen LogP) is 2.82. The van der Waals surface area contributed by atoms with Crippen LogP contribution in [0.2, 0.25) is 10.0 Å². The topological polar surface area (TPSA) is 66.4 Å². The van der Waals surface area contributed by atoms with Gasteiger partial charge < -0.3 is 10.4 Å². The molecule has 86 valence electrons. The van der Waals surface area contributed by atoms with Gasteiger partial charge in [-0.15, -0.1) is 0 Å². The van der Waals surface area contributed by atoms with E-state index in [1.165, 1.54) is 0 Å². The summed E-state index contributed by atoms with van der Waals surface area (Å²) in [6, 6.07) is 4.86. The molecule has 0 bridgehead atoms. The molecule has 0 saturated heterocycles. The quantitative estimate of drug-likeness (QED) is 0.650. The van der Waals surface area contributed by atoms with E-state index >= 15 is 0 Å². The number of nitrogens with one attached hydrogen (secondary N) is 1. The van der Waals surface area contributed by atoms with Crippen molar-refractivity contribution in [2.45, 2.75) is 0 Å². The van der Waals surface area contributed by atoms with Crippen LogP contribution in [0.5, 0.6) is 0 Å². The molecule has 1 aromatic rings. The normalized spacial score (nSPS) is 8.38. The number of halogens is 2. The maximum absolute atomic E-state index is 10.0. The van der Waals surface area contributed by atoms with Crippen LogP contribution in [0.4, 0.5) is 5.69 Å². The lowest BCUT2D eigenvalue weighted by atomic mass is 10.3. The molecular weight excluding hydrogens is 253 g/mol. The van der Waals surface area contributed by atoms with Gasteiger partial charge in [0.1, 0.15) is 0 Å². The molecule has 1 aromatic carbocycles. The fourth-order valence-corrected chi connectivity index (χ4v) is 1.02. The van der Waals surface area contributed by atoms with Gasteiger partial charge in [0.2, 0.25) is 6.41 Å². The molecule has 0 saturated carbocycles. The first kappa shape index (κ1) is 14.5. The molecule has 0 atom stereocenters. The van der Waals surface area contributed by atoms with E-state index in [0.717, 1.165) is 6.08 Å². The largest absolute Gasteiger partial charge is 0.478 e. The Kier molecular flexibility index (Phi) is 7.00. The number of anilines is 1. The standard InChI is InChI=1S/C7H5Cl2NO.C3H4O2/c8-5-1-2-6(9)7(3-5)10-4-11;1-2-3(4)5/h1-4H,(H,10,11);2H,1H2,(H,4,5). The fraction of sp³-hybridized carbons (Fsp3) is 0. The van der Waals surface area contributed by atoms with Gasteiger partial charge >= 0.3 is 5.97 Å². The summed E-state index contributed by atoms with van der Waals surface area (Å²) in [6.45, 7) is 2.96. The SMILES string of the molecule is C=CC(=O)O.O=CNc1cc(Cl)ccc1Cl. The zero-order valence-corrected chi connectivity index (χ0v) is 9.63. The average molecular weight is 262 g/mol. The van der Waals surface area contributed by atoms with Crippen molar-refractivity contribution in [2.24, 2.45) is 0 Å². The minimum atomic E-state index is -0.981. The third kappa shape index (κ3) is 6.06. The second kappa shape index (κ2) is 7.73. The number of hydrogen-bond donors (Lipinski definition) is 2. The van der Waals surface area contributed by atoms with Gasteiger partial charge in [-0.1, -0.05) is 29.8 Å². The number of amides is 1. The lowest BCUT2D eigenvalue weighted by molar-refractivity contribution is -0.131. The van der Waals surface area contributed by atoms with Gasteiger partial charge in [0, 0.05) is 11.1 Å². The van der Waals surface area contributed by atoms with Crippen molar-refractivity contribution in [1.82, 2.24) is 0 Å². The highest BCUT2D eigenvalue weighted by Crippen LogP contribution is 2.24. The second-order valence-electron chi connectivity index (χ2n) is 2.43. The lowest BCUT2D eigenvalue weighted by Crippen LogP contribution is -1.93. The molecule has 16 heavy (non-hydrogen) atoms. The summed E-state index contributed by atoms with van der Waals surface area (Å²) >= 11 is 11.3. The van der Waals surface area contributed by atoms with Gasteiger partial charge in [0.05, 0.1) is 10.7 Å². The first-order valence-corrected chi connectivity index (χ1v) is 4.77. The molecule has 0 spiro atoms. The van der Waals surface area contributed by atoms with Crippen LogP contribution >= 0.6 is 23.2 Å². The third-order valence-corrected chi connectivity index (χ3v) is 1.88. The molecule has 0 fully saturated rings. The van der Waals surface area contributed by atoms with Gasteiger partial charge in [-0.3, -0.25) is 4.79 Å². The van der Waals surface area contributed by atoms with Crippen LogP contribution in [-0.2, 0) is 9.59 Å². The Labute approximate surface area is 102 Å². The maximum atomic E-state index is 10.0. The fourth-order valence-electron chi connectivity index (χ4n) is 0.672. The van der Waals surface area contributed by atoms with Crippen molar-refractivity contribution >= 4 is 41.3 Å². The molecule has 4 nitrogen and oxygen atoms in total. The number of carboxylic acids is 1. The van der Waals surface area contributed by atoms with E-state index in [0.29, 0.717) is 22.1 Å². The average Bonchev–Trinajstić information content (AvgIpc) is 2.25. The first-order chi connectivity index (χ1) is 7.51. The Hall–Kier alpha value is -1.52. The molecule has 0 unspecified atom stereocenters. The summed E-state index contributed by atoms with van der Waals surface area (Å²) in [7, 11) is 0. The number of carbonyl (C=O) groups excluding carboxylic acids is 1.